The lowest BCUT2D eigenvalue weighted by Gasteiger charge is -2.39. The van der Waals surface area contributed by atoms with Gasteiger partial charge in [-0.25, -0.2) is 5.43 Å². The average Bonchev–Trinajstić information content (AvgIpc) is 2.92. The molecule has 4 N–H and O–H groups in total. The normalized spacial score (nSPS) is 29.2. The predicted molar refractivity (Wildman–Crippen MR) is 91.6 cm³/mol. The van der Waals surface area contributed by atoms with Crippen molar-refractivity contribution in [1.82, 2.24) is 10.9 Å². The van der Waals surface area contributed by atoms with Crippen LogP contribution in [0.4, 0.5) is 5.69 Å². The summed E-state index contributed by atoms with van der Waals surface area (Å²) in [5.41, 5.74) is 18.5. The van der Waals surface area contributed by atoms with Crippen LogP contribution in [0.2, 0.25) is 0 Å². The second kappa shape index (κ2) is 5.69. The van der Waals surface area contributed by atoms with Crippen molar-refractivity contribution >= 4 is 11.8 Å². The fraction of sp³-hybridized carbons (Fsp3) is 0.556. The first-order chi connectivity index (χ1) is 10.8. The first-order valence-corrected chi connectivity index (χ1v) is 8.57. The Hall–Kier alpha value is -1.36. The highest BCUT2D eigenvalue weighted by molar-refractivity contribution is 5.68. The monoisotopic (exact) mass is 298 g/mol. The van der Waals surface area contributed by atoms with Crippen LogP contribution in [0, 0.1) is 5.92 Å². The number of aryl methyl sites for hydroxylation is 1. The SMILES string of the molecule is CC1NNC2c3cc4c(cc3N(CCCN)CC12)C=CCC4. The van der Waals surface area contributed by atoms with Gasteiger partial charge in [-0.2, -0.15) is 0 Å². The number of fused-ring (bicyclic) bond motifs is 4. The Labute approximate surface area is 132 Å². The molecule has 0 saturated carbocycles. The number of allylic oxidation sites excluding steroid dienone is 1. The molecule has 2 heterocycles. The summed E-state index contributed by atoms with van der Waals surface area (Å²) in [6.45, 7) is 5.21. The van der Waals surface area contributed by atoms with E-state index in [9.17, 15) is 0 Å². The summed E-state index contributed by atoms with van der Waals surface area (Å²) < 4.78 is 0. The molecule has 1 saturated heterocycles. The number of anilines is 1. The minimum Gasteiger partial charge on any atom is -0.371 e. The van der Waals surface area contributed by atoms with E-state index in [-0.39, 0.29) is 0 Å². The van der Waals surface area contributed by atoms with Crippen LogP contribution >= 0.6 is 0 Å². The largest absolute Gasteiger partial charge is 0.371 e. The zero-order valence-corrected chi connectivity index (χ0v) is 13.3. The second-order valence-electron chi connectivity index (χ2n) is 6.86. The van der Waals surface area contributed by atoms with Gasteiger partial charge in [-0.15, -0.1) is 0 Å². The van der Waals surface area contributed by atoms with E-state index in [1.807, 2.05) is 0 Å². The van der Waals surface area contributed by atoms with Crippen molar-refractivity contribution in [3.8, 4) is 0 Å². The Morgan fingerprint density at radius 2 is 2.23 bits per heavy atom. The maximum atomic E-state index is 5.75. The Kier molecular flexibility index (Phi) is 3.68. The maximum Gasteiger partial charge on any atom is 0.0543 e. The van der Waals surface area contributed by atoms with Gasteiger partial charge in [-0.05, 0) is 55.5 Å². The molecule has 1 aliphatic carbocycles. The van der Waals surface area contributed by atoms with Gasteiger partial charge in [0.1, 0.15) is 0 Å². The van der Waals surface area contributed by atoms with Gasteiger partial charge in [-0.3, -0.25) is 5.43 Å². The van der Waals surface area contributed by atoms with Crippen LogP contribution in [-0.4, -0.2) is 25.7 Å². The van der Waals surface area contributed by atoms with E-state index >= 15 is 0 Å². The minimum absolute atomic E-state index is 0.440. The fourth-order valence-electron chi connectivity index (χ4n) is 4.15. The van der Waals surface area contributed by atoms with Crippen LogP contribution in [0.5, 0.6) is 0 Å². The van der Waals surface area contributed by atoms with Gasteiger partial charge in [0.05, 0.1) is 6.04 Å². The highest BCUT2D eigenvalue weighted by Gasteiger charge is 2.40. The number of nitrogens with zero attached hydrogens (tertiary/aromatic N) is 1. The van der Waals surface area contributed by atoms with Crippen molar-refractivity contribution in [2.24, 2.45) is 11.7 Å². The van der Waals surface area contributed by atoms with Crippen molar-refractivity contribution in [2.75, 3.05) is 24.5 Å². The van der Waals surface area contributed by atoms with E-state index in [0.717, 1.165) is 26.1 Å². The molecule has 118 valence electrons. The predicted octanol–water partition coefficient (Wildman–Crippen LogP) is 1.97. The number of hydrogen-bond donors (Lipinski definition) is 3. The van der Waals surface area contributed by atoms with Gasteiger partial charge in [-0.1, -0.05) is 18.2 Å². The number of nitrogens with two attached hydrogens (primary N) is 1. The third-order valence-corrected chi connectivity index (χ3v) is 5.44. The lowest BCUT2D eigenvalue weighted by atomic mass is 9.82. The minimum atomic E-state index is 0.440. The van der Waals surface area contributed by atoms with Crippen molar-refractivity contribution in [3.63, 3.8) is 0 Å². The molecular formula is C18H26N4. The molecule has 0 bridgehead atoms. The fourth-order valence-corrected chi connectivity index (χ4v) is 4.15. The molecule has 3 aliphatic rings. The quantitative estimate of drug-likeness (QED) is 0.798. The molecule has 22 heavy (non-hydrogen) atoms. The van der Waals surface area contributed by atoms with Gasteiger partial charge < -0.3 is 10.6 Å². The molecule has 0 radical (unpaired) electrons. The van der Waals surface area contributed by atoms with Crippen LogP contribution in [0.3, 0.4) is 0 Å². The van der Waals surface area contributed by atoms with Crippen molar-refractivity contribution < 1.29 is 0 Å². The van der Waals surface area contributed by atoms with Crippen LogP contribution in [0.15, 0.2) is 18.2 Å². The average molecular weight is 298 g/mol. The van der Waals surface area contributed by atoms with Crippen molar-refractivity contribution in [2.45, 2.75) is 38.3 Å². The van der Waals surface area contributed by atoms with Crippen LogP contribution in [0.25, 0.3) is 6.08 Å². The summed E-state index contributed by atoms with van der Waals surface area (Å²) in [5, 5.41) is 0. The highest BCUT2D eigenvalue weighted by atomic mass is 15.4. The molecule has 1 aromatic rings. The summed E-state index contributed by atoms with van der Waals surface area (Å²) in [6, 6.07) is 5.80. The van der Waals surface area contributed by atoms with Gasteiger partial charge in [0.15, 0.2) is 0 Å². The molecule has 2 aliphatic heterocycles. The molecule has 0 spiro atoms. The summed E-state index contributed by atoms with van der Waals surface area (Å²) in [7, 11) is 0. The van der Waals surface area contributed by atoms with E-state index < -0.39 is 0 Å². The smallest absolute Gasteiger partial charge is 0.0543 e. The van der Waals surface area contributed by atoms with Gasteiger partial charge >= 0.3 is 0 Å². The molecule has 3 atom stereocenters. The molecule has 4 nitrogen and oxygen atoms in total. The molecule has 4 rings (SSSR count). The van der Waals surface area contributed by atoms with Gasteiger partial charge in [0.2, 0.25) is 0 Å². The second-order valence-corrected chi connectivity index (χ2v) is 6.86. The highest BCUT2D eigenvalue weighted by Crippen LogP contribution is 2.42. The van der Waals surface area contributed by atoms with E-state index in [1.54, 1.807) is 0 Å². The lowest BCUT2D eigenvalue weighted by molar-refractivity contribution is 0.409. The van der Waals surface area contributed by atoms with E-state index in [0.29, 0.717) is 18.0 Å². The molecule has 0 amide bonds. The Morgan fingerprint density at radius 1 is 1.32 bits per heavy atom. The number of hydrazine groups is 1. The molecule has 0 aromatic heterocycles. The lowest BCUT2D eigenvalue weighted by Crippen LogP contribution is -2.41. The van der Waals surface area contributed by atoms with Crippen molar-refractivity contribution in [3.05, 3.63) is 34.9 Å². The number of rotatable bonds is 3. The van der Waals surface area contributed by atoms with E-state index in [4.69, 9.17) is 5.73 Å². The van der Waals surface area contributed by atoms with Gasteiger partial charge in [0, 0.05) is 30.7 Å². The van der Waals surface area contributed by atoms with E-state index in [1.165, 1.54) is 35.2 Å². The summed E-state index contributed by atoms with van der Waals surface area (Å²) in [5.74, 6) is 0.627. The third-order valence-electron chi connectivity index (χ3n) is 5.44. The van der Waals surface area contributed by atoms with Gasteiger partial charge in [0.25, 0.3) is 0 Å². The van der Waals surface area contributed by atoms with Crippen molar-refractivity contribution in [1.29, 1.82) is 0 Å². The van der Waals surface area contributed by atoms with E-state index in [2.05, 4.69) is 47.0 Å². The van der Waals surface area contributed by atoms with Crippen LogP contribution in [-0.2, 0) is 6.42 Å². The first-order valence-electron chi connectivity index (χ1n) is 8.57. The topological polar surface area (TPSA) is 53.3 Å². The number of benzene rings is 1. The first kappa shape index (κ1) is 14.2. The summed E-state index contributed by atoms with van der Waals surface area (Å²) >= 11 is 0. The molecule has 1 aromatic carbocycles. The maximum absolute atomic E-state index is 5.75. The zero-order chi connectivity index (χ0) is 15.1. The number of hydrogen-bond acceptors (Lipinski definition) is 4. The molecular weight excluding hydrogens is 272 g/mol. The standard InChI is InChI=1S/C18H26N4/c1-12-16-11-22(8-4-7-19)17-10-14-6-3-2-5-13(14)9-15(17)18(16)21-20-12/h3,6,9-10,12,16,18,20-21H,2,4-5,7-8,11,19H2,1H3. The third kappa shape index (κ3) is 2.26. The summed E-state index contributed by atoms with van der Waals surface area (Å²) in [4.78, 5) is 2.55. The number of nitrogens with one attached hydrogen (secondary N) is 2. The Balaban J connectivity index is 1.77. The Morgan fingerprint density at radius 3 is 3.09 bits per heavy atom. The van der Waals surface area contributed by atoms with Crippen LogP contribution in [0.1, 0.15) is 42.5 Å². The summed E-state index contributed by atoms with van der Waals surface area (Å²) in [6.07, 6.45) is 7.97. The molecule has 1 fully saturated rings. The Bertz CT molecular complexity index is 595. The van der Waals surface area contributed by atoms with Crippen LogP contribution < -0.4 is 21.5 Å². The zero-order valence-electron chi connectivity index (χ0n) is 13.3. The molecule has 3 unspecified atom stereocenters. The molecule has 4 heteroatoms.